The number of quaternary nitrogens is 1. The van der Waals surface area contributed by atoms with Crippen LogP contribution in [0.2, 0.25) is 0 Å². The number of piperidine rings is 1. The molecule has 2 aromatic carbocycles. The van der Waals surface area contributed by atoms with E-state index in [2.05, 4.69) is 21.1 Å². The van der Waals surface area contributed by atoms with E-state index >= 15 is 0 Å². The molecule has 1 aliphatic rings. The second-order valence-corrected chi connectivity index (χ2v) is 9.85. The van der Waals surface area contributed by atoms with Gasteiger partial charge in [-0.2, -0.15) is 10.4 Å². The van der Waals surface area contributed by atoms with Gasteiger partial charge < -0.3 is 14.6 Å². The lowest BCUT2D eigenvalue weighted by molar-refractivity contribution is -0.867. The van der Waals surface area contributed by atoms with Crippen LogP contribution >= 0.6 is 0 Å². The molecular formula is C29H28N6O3. The minimum Gasteiger partial charge on any atom is -0.633 e. The molecule has 0 amide bonds. The number of nitrogens with zero attached hydrogens (tertiary/aromatic N) is 6. The molecule has 38 heavy (non-hydrogen) atoms. The van der Waals surface area contributed by atoms with Crippen LogP contribution in [0.3, 0.4) is 0 Å². The van der Waals surface area contributed by atoms with Crippen molar-refractivity contribution in [3.63, 3.8) is 0 Å². The third-order valence-electron chi connectivity index (χ3n) is 6.81. The van der Waals surface area contributed by atoms with Crippen molar-refractivity contribution in [2.75, 3.05) is 26.7 Å². The number of hydroxylamine groups is 3. The molecule has 1 aliphatic heterocycles. The Hall–Kier alpha value is -4.39. The van der Waals surface area contributed by atoms with Crippen molar-refractivity contribution < 1.29 is 9.38 Å². The van der Waals surface area contributed by atoms with Crippen LogP contribution in [0.5, 0.6) is 5.75 Å². The number of rotatable bonds is 7. The number of benzene rings is 2. The lowest BCUT2D eigenvalue weighted by Gasteiger charge is -2.43. The summed E-state index contributed by atoms with van der Waals surface area (Å²) in [6, 6.07) is 20.1. The van der Waals surface area contributed by atoms with Crippen LogP contribution in [0.25, 0.3) is 22.6 Å². The number of aromatic nitrogens is 4. The molecule has 0 saturated carbocycles. The predicted octanol–water partition coefficient (Wildman–Crippen LogP) is 4.02. The van der Waals surface area contributed by atoms with Gasteiger partial charge in [-0.05, 0) is 29.8 Å². The zero-order chi connectivity index (χ0) is 26.5. The van der Waals surface area contributed by atoms with Gasteiger partial charge in [0.2, 0.25) is 0 Å². The largest absolute Gasteiger partial charge is 0.633 e. The molecular weight excluding hydrogens is 480 g/mol. The number of nitriles is 1. The van der Waals surface area contributed by atoms with Gasteiger partial charge in [-0.3, -0.25) is 4.79 Å². The first-order chi connectivity index (χ1) is 18.4. The van der Waals surface area contributed by atoms with Gasteiger partial charge in [0.25, 0.3) is 5.56 Å². The Kier molecular flexibility index (Phi) is 7.26. The molecule has 0 spiro atoms. The summed E-state index contributed by atoms with van der Waals surface area (Å²) < 4.78 is 7.13. The van der Waals surface area contributed by atoms with Gasteiger partial charge in [0.05, 0.1) is 63.0 Å². The van der Waals surface area contributed by atoms with Crippen molar-refractivity contribution in [3.8, 4) is 34.5 Å². The van der Waals surface area contributed by atoms with Gasteiger partial charge in [0.15, 0.2) is 11.6 Å². The van der Waals surface area contributed by atoms with Crippen LogP contribution in [0, 0.1) is 22.5 Å². The lowest BCUT2D eigenvalue weighted by atomic mass is 9.98. The Balaban J connectivity index is 1.26. The van der Waals surface area contributed by atoms with Crippen LogP contribution in [-0.4, -0.2) is 51.1 Å². The molecule has 1 fully saturated rings. The van der Waals surface area contributed by atoms with E-state index in [0.717, 1.165) is 29.5 Å². The number of ether oxygens (including phenoxy) is 1. The van der Waals surface area contributed by atoms with Crippen LogP contribution in [0.4, 0.5) is 0 Å². The predicted molar refractivity (Wildman–Crippen MR) is 143 cm³/mol. The second kappa shape index (κ2) is 10.9. The van der Waals surface area contributed by atoms with Crippen LogP contribution < -0.4 is 10.3 Å². The van der Waals surface area contributed by atoms with E-state index < -0.39 is 0 Å². The summed E-state index contributed by atoms with van der Waals surface area (Å²) >= 11 is 0. The van der Waals surface area contributed by atoms with Crippen molar-refractivity contribution in [1.29, 1.82) is 5.26 Å². The maximum absolute atomic E-state index is 12.5. The molecule has 1 saturated heterocycles. The average molecular weight is 509 g/mol. The van der Waals surface area contributed by atoms with Crippen molar-refractivity contribution >= 4 is 0 Å². The van der Waals surface area contributed by atoms with E-state index in [0.29, 0.717) is 48.4 Å². The van der Waals surface area contributed by atoms with E-state index in [1.807, 2.05) is 30.3 Å². The first-order valence-corrected chi connectivity index (χ1v) is 12.6. The Morgan fingerprint density at radius 1 is 1.05 bits per heavy atom. The highest BCUT2D eigenvalue weighted by Crippen LogP contribution is 2.23. The summed E-state index contributed by atoms with van der Waals surface area (Å²) in [5.41, 5.74) is 3.40. The van der Waals surface area contributed by atoms with Crippen molar-refractivity contribution in [3.05, 3.63) is 99.7 Å². The summed E-state index contributed by atoms with van der Waals surface area (Å²) in [5.74, 6) is 1.53. The smallest absolute Gasteiger partial charge is 0.267 e. The molecule has 0 aliphatic carbocycles. The van der Waals surface area contributed by atoms with Gasteiger partial charge >= 0.3 is 0 Å². The minimum atomic E-state index is -0.217. The molecule has 3 heterocycles. The molecule has 9 heteroatoms. The van der Waals surface area contributed by atoms with Gasteiger partial charge in [0, 0.05) is 36.0 Å². The van der Waals surface area contributed by atoms with E-state index in [-0.39, 0.29) is 16.8 Å². The number of likely N-dealkylation sites (tertiary alicyclic amines) is 1. The highest BCUT2D eigenvalue weighted by Gasteiger charge is 2.24. The van der Waals surface area contributed by atoms with Crippen molar-refractivity contribution in [2.24, 2.45) is 5.92 Å². The molecule has 0 N–H and O–H groups in total. The fourth-order valence-electron chi connectivity index (χ4n) is 4.53. The van der Waals surface area contributed by atoms with Gasteiger partial charge in [-0.1, -0.05) is 30.3 Å². The van der Waals surface area contributed by atoms with Crippen LogP contribution in [0.15, 0.2) is 77.9 Å². The molecule has 2 aromatic heterocycles. The van der Waals surface area contributed by atoms with E-state index in [9.17, 15) is 15.3 Å². The molecule has 192 valence electrons. The average Bonchev–Trinajstić information content (AvgIpc) is 2.94. The van der Waals surface area contributed by atoms with Gasteiger partial charge in [-0.15, -0.1) is 0 Å². The Morgan fingerprint density at radius 2 is 1.79 bits per heavy atom. The lowest BCUT2D eigenvalue weighted by Crippen LogP contribution is -2.45. The summed E-state index contributed by atoms with van der Waals surface area (Å²) in [4.78, 5) is 21.5. The van der Waals surface area contributed by atoms with Gasteiger partial charge in [0.1, 0.15) is 0 Å². The maximum atomic E-state index is 12.5. The Morgan fingerprint density at radius 3 is 2.55 bits per heavy atom. The molecule has 9 nitrogen and oxygen atoms in total. The highest BCUT2D eigenvalue weighted by molar-refractivity contribution is 5.60. The maximum Gasteiger partial charge on any atom is 0.267 e. The Labute approximate surface area is 220 Å². The SMILES string of the molecule is C[N+]1([O-])CCC(COc2cnc(-c3cccc(Cn4nc(-c5cccc(C#N)c5)ccc4=O)c3)nc2)CC1. The first kappa shape index (κ1) is 25.3. The third kappa shape index (κ3) is 6.11. The standard InChI is InChI=1S/C29H28N6O3/c1-35(37)12-10-21(11-13-35)20-38-26-17-31-29(32-18-26)25-7-3-5-23(15-25)19-34-28(36)9-8-27(33-34)24-6-2-4-22(14-24)16-30/h2-9,14-15,17-18,21H,10-13,19-20H2,1H3. The van der Waals surface area contributed by atoms with Crippen LogP contribution in [-0.2, 0) is 6.54 Å². The zero-order valence-electron chi connectivity index (χ0n) is 21.2. The van der Waals surface area contributed by atoms with E-state index in [4.69, 9.17) is 4.74 Å². The summed E-state index contributed by atoms with van der Waals surface area (Å²) in [5, 5.41) is 25.7. The van der Waals surface area contributed by atoms with Crippen molar-refractivity contribution in [2.45, 2.75) is 19.4 Å². The molecule has 0 unspecified atom stereocenters. The van der Waals surface area contributed by atoms with Gasteiger partial charge in [-0.25, -0.2) is 14.6 Å². The summed E-state index contributed by atoms with van der Waals surface area (Å²) in [6.07, 6.45) is 5.05. The fraction of sp³-hybridized carbons (Fsp3) is 0.276. The zero-order valence-corrected chi connectivity index (χ0v) is 21.2. The highest BCUT2D eigenvalue weighted by atomic mass is 16.5. The molecule has 0 bridgehead atoms. The van der Waals surface area contributed by atoms with E-state index in [1.54, 1.807) is 43.7 Å². The summed E-state index contributed by atoms with van der Waals surface area (Å²) in [7, 11) is 1.72. The topological polar surface area (TPSA) is 117 Å². The monoisotopic (exact) mass is 508 g/mol. The molecule has 5 rings (SSSR count). The van der Waals surface area contributed by atoms with E-state index in [1.165, 1.54) is 10.7 Å². The normalized spacial score (nSPS) is 19.0. The summed E-state index contributed by atoms with van der Waals surface area (Å²) in [6.45, 7) is 2.09. The van der Waals surface area contributed by atoms with Crippen LogP contribution in [0.1, 0.15) is 24.0 Å². The Bertz CT molecular complexity index is 1510. The minimum absolute atomic E-state index is 0.167. The second-order valence-electron chi connectivity index (χ2n) is 9.85. The quantitative estimate of drug-likeness (QED) is 0.273. The van der Waals surface area contributed by atoms with Crippen molar-refractivity contribution in [1.82, 2.24) is 19.7 Å². The molecule has 0 atom stereocenters. The third-order valence-corrected chi connectivity index (χ3v) is 6.81. The molecule has 4 aromatic rings. The number of hydrogen-bond donors (Lipinski definition) is 0. The number of hydrogen-bond acceptors (Lipinski definition) is 7. The first-order valence-electron chi connectivity index (χ1n) is 12.6. The fourth-order valence-corrected chi connectivity index (χ4v) is 4.53. The molecule has 0 radical (unpaired) electrons.